The Morgan fingerprint density at radius 1 is 1.00 bits per heavy atom. The van der Waals surface area contributed by atoms with Crippen molar-refractivity contribution >= 4 is 11.7 Å². The van der Waals surface area contributed by atoms with E-state index in [1.807, 2.05) is 41.3 Å². The SMILES string of the molecule is COc1ccc(NC(=O)N2C[C@@H](O)[C@@H](O)CN3[C@H](CO)[C@H](c4ccc(C#Cc5cccnc5)cc4)[C@@H]3C2)cc1. The van der Waals surface area contributed by atoms with Gasteiger partial charge in [-0.25, -0.2) is 4.79 Å². The number of carbonyl (C=O) groups is 1. The second-order valence-corrected chi connectivity index (χ2v) is 9.85. The van der Waals surface area contributed by atoms with Crippen molar-refractivity contribution in [2.75, 3.05) is 38.7 Å². The number of nitrogens with one attached hydrogen (secondary N) is 1. The highest BCUT2D eigenvalue weighted by atomic mass is 16.5. The Hall–Kier alpha value is -3.94. The van der Waals surface area contributed by atoms with Crippen LogP contribution in [0.3, 0.4) is 0 Å². The van der Waals surface area contributed by atoms with E-state index >= 15 is 0 Å². The first-order chi connectivity index (χ1) is 19.0. The van der Waals surface area contributed by atoms with E-state index in [-0.39, 0.29) is 43.7 Å². The molecule has 2 aliphatic heterocycles. The van der Waals surface area contributed by atoms with E-state index in [0.29, 0.717) is 18.0 Å². The number of aliphatic hydroxyl groups excluding tert-OH is 3. The minimum absolute atomic E-state index is 0.00707. The highest BCUT2D eigenvalue weighted by Crippen LogP contribution is 2.42. The van der Waals surface area contributed by atoms with E-state index < -0.39 is 12.2 Å². The van der Waals surface area contributed by atoms with Gasteiger partial charge in [0, 0.05) is 60.3 Å². The summed E-state index contributed by atoms with van der Waals surface area (Å²) in [4.78, 5) is 20.8. The number of fused-ring (bicyclic) bond motifs is 1. The van der Waals surface area contributed by atoms with E-state index in [2.05, 4.69) is 22.1 Å². The molecular weight excluding hydrogens is 496 g/mol. The summed E-state index contributed by atoms with van der Waals surface area (Å²) in [5.41, 5.74) is 3.31. The maximum Gasteiger partial charge on any atom is 0.321 e. The Labute approximate surface area is 227 Å². The lowest BCUT2D eigenvalue weighted by atomic mass is 9.74. The van der Waals surface area contributed by atoms with Gasteiger partial charge < -0.3 is 30.3 Å². The molecule has 2 aliphatic rings. The molecule has 2 amide bonds. The van der Waals surface area contributed by atoms with Crippen LogP contribution in [-0.2, 0) is 0 Å². The molecule has 2 aromatic carbocycles. The minimum atomic E-state index is -1.11. The number of aliphatic hydroxyl groups is 3. The number of methoxy groups -OCH3 is 1. The summed E-state index contributed by atoms with van der Waals surface area (Å²) in [6, 6.07) is 17.9. The summed E-state index contributed by atoms with van der Waals surface area (Å²) in [5, 5.41) is 34.3. The van der Waals surface area contributed by atoms with E-state index in [0.717, 1.165) is 16.7 Å². The predicted octanol–water partition coefficient (Wildman–Crippen LogP) is 1.89. The second kappa shape index (κ2) is 11.8. The van der Waals surface area contributed by atoms with Crippen molar-refractivity contribution in [1.82, 2.24) is 14.8 Å². The quantitative estimate of drug-likeness (QED) is 0.382. The molecule has 3 heterocycles. The van der Waals surface area contributed by atoms with Gasteiger partial charge in [0.05, 0.1) is 32.5 Å². The molecular formula is C30H32N4O5. The first-order valence-corrected chi connectivity index (χ1v) is 12.9. The van der Waals surface area contributed by atoms with Crippen molar-refractivity contribution in [2.24, 2.45) is 0 Å². The summed E-state index contributed by atoms with van der Waals surface area (Å²) in [6.07, 6.45) is 1.26. The van der Waals surface area contributed by atoms with Crippen LogP contribution in [0.4, 0.5) is 10.5 Å². The standard InChI is InChI=1S/C30H32N4O5/c1-39-24-12-10-23(11-13-24)32-30(38)33-16-25-29(26(19-35)34(25)18-28(37)27(36)17-33)22-8-6-20(7-9-22)4-5-21-3-2-14-31-15-21/h2-3,6-15,25-29,35-37H,16-19H2,1H3,(H,32,38)/t25-,26+,27+,28-,29+/m0/s1. The molecule has 5 rings (SSSR count). The number of nitrogens with zero attached hydrogens (tertiary/aromatic N) is 3. The first-order valence-electron chi connectivity index (χ1n) is 12.9. The van der Waals surface area contributed by atoms with Crippen molar-refractivity contribution in [1.29, 1.82) is 0 Å². The summed E-state index contributed by atoms with van der Waals surface area (Å²) >= 11 is 0. The van der Waals surface area contributed by atoms with Crippen LogP contribution in [0.15, 0.2) is 73.1 Å². The summed E-state index contributed by atoms with van der Waals surface area (Å²) in [5.74, 6) is 6.86. The third-order valence-electron chi connectivity index (χ3n) is 7.46. The Morgan fingerprint density at radius 2 is 1.72 bits per heavy atom. The van der Waals surface area contributed by atoms with E-state index in [9.17, 15) is 20.1 Å². The number of benzene rings is 2. The number of β-amino-alcohol motifs (C(OH)–C–C–N with tert-alkyl or cyclic N) is 1. The number of urea groups is 1. The molecule has 3 aromatic rings. The highest BCUT2D eigenvalue weighted by Gasteiger charge is 2.51. The molecule has 0 bridgehead atoms. The van der Waals surface area contributed by atoms with Gasteiger partial charge in [0.1, 0.15) is 5.75 Å². The molecule has 39 heavy (non-hydrogen) atoms. The Bertz CT molecular complexity index is 1320. The maximum absolute atomic E-state index is 13.2. The van der Waals surface area contributed by atoms with Crippen LogP contribution >= 0.6 is 0 Å². The van der Waals surface area contributed by atoms with Crippen LogP contribution in [0.2, 0.25) is 0 Å². The molecule has 0 aliphatic carbocycles. The fraction of sp³-hybridized carbons (Fsp3) is 0.333. The van der Waals surface area contributed by atoms with Gasteiger partial charge in [0.15, 0.2) is 0 Å². The zero-order chi connectivity index (χ0) is 27.4. The Morgan fingerprint density at radius 3 is 2.38 bits per heavy atom. The number of amides is 2. The summed E-state index contributed by atoms with van der Waals surface area (Å²) in [7, 11) is 1.57. The van der Waals surface area contributed by atoms with Gasteiger partial charge in [-0.3, -0.25) is 9.88 Å². The van der Waals surface area contributed by atoms with Gasteiger partial charge in [-0.2, -0.15) is 0 Å². The number of ether oxygens (including phenoxy) is 1. The number of hydrogen-bond acceptors (Lipinski definition) is 7. The molecule has 0 spiro atoms. The van der Waals surface area contributed by atoms with Crippen LogP contribution in [0.25, 0.3) is 0 Å². The van der Waals surface area contributed by atoms with Crippen LogP contribution in [0, 0.1) is 11.8 Å². The third-order valence-corrected chi connectivity index (χ3v) is 7.46. The maximum atomic E-state index is 13.2. The topological polar surface area (TPSA) is 118 Å². The van der Waals surface area contributed by atoms with Gasteiger partial charge >= 0.3 is 6.03 Å². The van der Waals surface area contributed by atoms with Crippen LogP contribution in [0.5, 0.6) is 5.75 Å². The number of aromatic nitrogens is 1. The summed E-state index contributed by atoms with van der Waals surface area (Å²) in [6.45, 7) is 0.434. The number of carbonyl (C=O) groups excluding carboxylic acids is 1. The number of hydrogen-bond donors (Lipinski definition) is 4. The first kappa shape index (κ1) is 26.7. The molecule has 0 radical (unpaired) electrons. The molecule has 9 heteroatoms. The van der Waals surface area contributed by atoms with Gasteiger partial charge in [-0.15, -0.1) is 0 Å². The van der Waals surface area contributed by atoms with Crippen molar-refractivity contribution in [3.8, 4) is 17.6 Å². The number of rotatable bonds is 4. The van der Waals surface area contributed by atoms with Crippen molar-refractivity contribution in [3.63, 3.8) is 0 Å². The predicted molar refractivity (Wildman–Crippen MR) is 146 cm³/mol. The average molecular weight is 529 g/mol. The van der Waals surface area contributed by atoms with Gasteiger partial charge in [-0.1, -0.05) is 24.0 Å². The molecule has 202 valence electrons. The molecule has 0 saturated carbocycles. The van der Waals surface area contributed by atoms with Crippen molar-refractivity contribution in [2.45, 2.75) is 30.2 Å². The van der Waals surface area contributed by atoms with E-state index in [1.54, 1.807) is 43.8 Å². The molecule has 0 unspecified atom stereocenters. The van der Waals surface area contributed by atoms with Crippen molar-refractivity contribution in [3.05, 3.63) is 89.7 Å². The van der Waals surface area contributed by atoms with Gasteiger partial charge in [0.25, 0.3) is 0 Å². The van der Waals surface area contributed by atoms with Crippen LogP contribution in [-0.4, -0.2) is 93.8 Å². The normalized spacial score (nSPS) is 24.7. The minimum Gasteiger partial charge on any atom is -0.497 e. The monoisotopic (exact) mass is 528 g/mol. The fourth-order valence-corrected chi connectivity index (χ4v) is 5.36. The van der Waals surface area contributed by atoms with Crippen LogP contribution in [0.1, 0.15) is 22.6 Å². The van der Waals surface area contributed by atoms with Crippen LogP contribution < -0.4 is 10.1 Å². The number of anilines is 1. The zero-order valence-corrected chi connectivity index (χ0v) is 21.6. The van der Waals surface area contributed by atoms with E-state index in [4.69, 9.17) is 4.74 Å². The molecule has 5 atom stereocenters. The third kappa shape index (κ3) is 5.90. The van der Waals surface area contributed by atoms with Gasteiger partial charge in [-0.05, 0) is 54.1 Å². The molecule has 2 fully saturated rings. The fourth-order valence-electron chi connectivity index (χ4n) is 5.36. The lowest BCUT2D eigenvalue weighted by molar-refractivity contribution is -0.112. The smallest absolute Gasteiger partial charge is 0.321 e. The lowest BCUT2D eigenvalue weighted by Gasteiger charge is -2.58. The molecule has 4 N–H and O–H groups in total. The zero-order valence-electron chi connectivity index (χ0n) is 21.6. The second-order valence-electron chi connectivity index (χ2n) is 9.85. The molecule has 9 nitrogen and oxygen atoms in total. The van der Waals surface area contributed by atoms with Crippen molar-refractivity contribution < 1.29 is 24.9 Å². The summed E-state index contributed by atoms with van der Waals surface area (Å²) < 4.78 is 5.18. The Kier molecular flexibility index (Phi) is 8.10. The van der Waals surface area contributed by atoms with E-state index in [1.165, 1.54) is 4.90 Å². The highest BCUT2D eigenvalue weighted by molar-refractivity contribution is 5.89. The number of pyridine rings is 1. The Balaban J connectivity index is 1.35. The largest absolute Gasteiger partial charge is 0.497 e. The molecule has 1 aromatic heterocycles. The lowest BCUT2D eigenvalue weighted by Crippen LogP contribution is -2.71. The molecule has 2 saturated heterocycles. The van der Waals surface area contributed by atoms with Gasteiger partial charge in [0.2, 0.25) is 0 Å². The average Bonchev–Trinajstić information content (AvgIpc) is 2.96.